The van der Waals surface area contributed by atoms with E-state index in [1.54, 1.807) is 7.11 Å². The van der Waals surface area contributed by atoms with Crippen molar-refractivity contribution in [1.29, 1.82) is 0 Å². The minimum Gasteiger partial charge on any atom is -0.384 e. The van der Waals surface area contributed by atoms with Gasteiger partial charge < -0.3 is 9.64 Å². The van der Waals surface area contributed by atoms with Crippen molar-refractivity contribution < 1.29 is 18.1 Å². The summed E-state index contributed by atoms with van der Waals surface area (Å²) in [5.74, 6) is 0.473. The molecule has 1 aromatic carbocycles. The van der Waals surface area contributed by atoms with Crippen molar-refractivity contribution in [3.63, 3.8) is 0 Å². The summed E-state index contributed by atoms with van der Waals surface area (Å²) in [6.07, 6.45) is 2.90. The number of nitro benzene ring substituents is 1. The molecule has 22 heavy (non-hydrogen) atoms. The summed E-state index contributed by atoms with van der Waals surface area (Å²) in [6, 6.07) is 4.03. The Morgan fingerprint density at radius 2 is 2.00 bits per heavy atom. The molecule has 0 saturated carbocycles. The summed E-state index contributed by atoms with van der Waals surface area (Å²) in [5.41, 5.74) is 0.336. The first-order chi connectivity index (χ1) is 10.3. The summed E-state index contributed by atoms with van der Waals surface area (Å²) in [7, 11) is -1.86. The maximum atomic E-state index is 12.0. The molecule has 0 N–H and O–H groups in total. The second kappa shape index (κ2) is 6.62. The number of ether oxygens (including phenoxy) is 1. The minimum absolute atomic E-state index is 0.0203. The predicted molar refractivity (Wildman–Crippen MR) is 83.0 cm³/mol. The molecule has 0 aliphatic carbocycles. The fourth-order valence-electron chi connectivity index (χ4n) is 2.75. The van der Waals surface area contributed by atoms with E-state index in [9.17, 15) is 18.5 Å². The van der Waals surface area contributed by atoms with E-state index in [0.29, 0.717) is 31.3 Å². The van der Waals surface area contributed by atoms with E-state index in [2.05, 4.69) is 0 Å². The molecule has 1 heterocycles. The van der Waals surface area contributed by atoms with Crippen molar-refractivity contribution in [2.24, 2.45) is 5.92 Å². The van der Waals surface area contributed by atoms with Gasteiger partial charge in [0.1, 0.15) is 0 Å². The van der Waals surface area contributed by atoms with E-state index < -0.39 is 14.8 Å². The Labute approximate surface area is 129 Å². The Kier molecular flexibility index (Phi) is 5.02. The van der Waals surface area contributed by atoms with E-state index in [-0.39, 0.29) is 10.6 Å². The second-order valence-electron chi connectivity index (χ2n) is 5.57. The van der Waals surface area contributed by atoms with Crippen molar-refractivity contribution in [1.82, 2.24) is 0 Å². The highest BCUT2D eigenvalue weighted by atomic mass is 32.2. The molecule has 1 aliphatic rings. The van der Waals surface area contributed by atoms with E-state index in [0.717, 1.165) is 25.2 Å². The number of anilines is 1. The average molecular weight is 328 g/mol. The number of nitro groups is 1. The Balaban J connectivity index is 2.30. The molecule has 0 aromatic heterocycles. The SMILES string of the molecule is COCC1CCN(c2ccc([N+](=O)[O-])cc2S(C)(=O)=O)CC1. The lowest BCUT2D eigenvalue weighted by Crippen LogP contribution is -2.35. The molecule has 8 heteroatoms. The van der Waals surface area contributed by atoms with Gasteiger partial charge in [0.2, 0.25) is 0 Å². The summed E-state index contributed by atoms with van der Waals surface area (Å²) in [4.78, 5) is 12.3. The van der Waals surface area contributed by atoms with Crippen molar-refractivity contribution >= 4 is 21.2 Å². The molecule has 0 radical (unpaired) electrons. The minimum atomic E-state index is -3.53. The van der Waals surface area contributed by atoms with E-state index in [1.165, 1.54) is 12.1 Å². The van der Waals surface area contributed by atoms with E-state index >= 15 is 0 Å². The standard InChI is InChI=1S/C14H20N2O5S/c1-21-10-11-5-7-15(8-6-11)13-4-3-12(16(17)18)9-14(13)22(2,19)20/h3-4,9,11H,5-8,10H2,1-2H3. The van der Waals surface area contributed by atoms with Gasteiger partial charge in [0.25, 0.3) is 5.69 Å². The number of rotatable bonds is 5. The van der Waals surface area contributed by atoms with Gasteiger partial charge in [-0.2, -0.15) is 0 Å². The van der Waals surface area contributed by atoms with Crippen molar-refractivity contribution in [3.8, 4) is 0 Å². The van der Waals surface area contributed by atoms with Gasteiger partial charge in [-0.25, -0.2) is 8.42 Å². The van der Waals surface area contributed by atoms with Crippen LogP contribution in [0.5, 0.6) is 0 Å². The van der Waals surface area contributed by atoms with Gasteiger partial charge in [-0.15, -0.1) is 0 Å². The van der Waals surface area contributed by atoms with Crippen LogP contribution in [0.2, 0.25) is 0 Å². The van der Waals surface area contributed by atoms with Crippen molar-refractivity contribution in [3.05, 3.63) is 28.3 Å². The van der Waals surface area contributed by atoms with Gasteiger partial charge in [0.15, 0.2) is 9.84 Å². The molecular formula is C14H20N2O5S. The number of nitrogens with zero attached hydrogens (tertiary/aromatic N) is 2. The number of methoxy groups -OCH3 is 1. The lowest BCUT2D eigenvalue weighted by Gasteiger charge is -2.34. The Hall–Kier alpha value is -1.67. The summed E-state index contributed by atoms with van der Waals surface area (Å²) in [5, 5.41) is 10.9. The number of benzene rings is 1. The summed E-state index contributed by atoms with van der Waals surface area (Å²) in [6.45, 7) is 2.13. The average Bonchev–Trinajstić information content (AvgIpc) is 2.47. The number of hydrogen-bond donors (Lipinski definition) is 0. The maximum Gasteiger partial charge on any atom is 0.270 e. The van der Waals surface area contributed by atoms with Crippen LogP contribution in [0.1, 0.15) is 12.8 Å². The zero-order valence-electron chi connectivity index (χ0n) is 12.7. The predicted octanol–water partition coefficient (Wildman–Crippen LogP) is 1.86. The molecule has 0 bridgehead atoms. The third kappa shape index (κ3) is 3.75. The van der Waals surface area contributed by atoms with Crippen LogP contribution in [0.4, 0.5) is 11.4 Å². The van der Waals surface area contributed by atoms with Crippen LogP contribution in [0.25, 0.3) is 0 Å². The normalized spacial score (nSPS) is 16.7. The fraction of sp³-hybridized carbons (Fsp3) is 0.571. The highest BCUT2D eigenvalue weighted by molar-refractivity contribution is 7.90. The smallest absolute Gasteiger partial charge is 0.270 e. The molecule has 0 amide bonds. The number of non-ortho nitro benzene ring substituents is 1. The molecular weight excluding hydrogens is 308 g/mol. The van der Waals surface area contributed by atoms with Gasteiger partial charge in [-0.05, 0) is 24.8 Å². The number of sulfone groups is 1. The molecule has 1 aliphatic heterocycles. The molecule has 1 saturated heterocycles. The monoisotopic (exact) mass is 328 g/mol. The lowest BCUT2D eigenvalue weighted by molar-refractivity contribution is -0.385. The summed E-state index contributed by atoms with van der Waals surface area (Å²) < 4.78 is 29.1. The molecule has 0 spiro atoms. The first-order valence-electron chi connectivity index (χ1n) is 7.05. The zero-order valence-corrected chi connectivity index (χ0v) is 13.5. The first kappa shape index (κ1) is 16.7. The van der Waals surface area contributed by atoms with E-state index in [1.807, 2.05) is 4.90 Å². The van der Waals surface area contributed by atoms with Crippen LogP contribution < -0.4 is 4.90 Å². The van der Waals surface area contributed by atoms with Crippen LogP contribution in [-0.4, -0.2) is 46.4 Å². The second-order valence-corrected chi connectivity index (χ2v) is 7.55. The topological polar surface area (TPSA) is 89.8 Å². The van der Waals surface area contributed by atoms with Gasteiger partial charge in [-0.1, -0.05) is 0 Å². The lowest BCUT2D eigenvalue weighted by atomic mass is 9.97. The highest BCUT2D eigenvalue weighted by Crippen LogP contribution is 2.32. The maximum absolute atomic E-state index is 12.0. The van der Waals surface area contributed by atoms with Crippen LogP contribution in [0.3, 0.4) is 0 Å². The zero-order chi connectivity index (χ0) is 16.3. The summed E-state index contributed by atoms with van der Waals surface area (Å²) >= 11 is 0. The number of piperidine rings is 1. The highest BCUT2D eigenvalue weighted by Gasteiger charge is 2.25. The molecule has 7 nitrogen and oxygen atoms in total. The third-order valence-electron chi connectivity index (χ3n) is 3.91. The van der Waals surface area contributed by atoms with Crippen LogP contribution in [0.15, 0.2) is 23.1 Å². The molecule has 122 valence electrons. The van der Waals surface area contributed by atoms with Crippen molar-refractivity contribution in [2.45, 2.75) is 17.7 Å². The molecule has 2 rings (SSSR count). The Morgan fingerprint density at radius 3 is 2.50 bits per heavy atom. The fourth-order valence-corrected chi connectivity index (χ4v) is 3.66. The van der Waals surface area contributed by atoms with Gasteiger partial charge in [0, 0.05) is 45.2 Å². The van der Waals surface area contributed by atoms with E-state index in [4.69, 9.17) is 4.74 Å². The van der Waals surface area contributed by atoms with Crippen LogP contribution >= 0.6 is 0 Å². The van der Waals surface area contributed by atoms with Gasteiger partial charge in [-0.3, -0.25) is 10.1 Å². The van der Waals surface area contributed by atoms with Gasteiger partial charge in [0.05, 0.1) is 15.5 Å². The van der Waals surface area contributed by atoms with Gasteiger partial charge >= 0.3 is 0 Å². The molecule has 0 atom stereocenters. The van der Waals surface area contributed by atoms with Crippen LogP contribution in [-0.2, 0) is 14.6 Å². The first-order valence-corrected chi connectivity index (χ1v) is 8.94. The molecule has 1 aromatic rings. The number of hydrogen-bond acceptors (Lipinski definition) is 6. The molecule has 1 fully saturated rings. The largest absolute Gasteiger partial charge is 0.384 e. The Morgan fingerprint density at radius 1 is 1.36 bits per heavy atom. The molecule has 0 unspecified atom stereocenters. The quantitative estimate of drug-likeness (QED) is 0.605. The third-order valence-corrected chi connectivity index (χ3v) is 5.04. The van der Waals surface area contributed by atoms with Crippen molar-refractivity contribution in [2.75, 3.05) is 38.0 Å². The van der Waals surface area contributed by atoms with Crippen LogP contribution in [0, 0.1) is 16.0 Å². The Bertz CT molecular complexity index is 651.